The lowest BCUT2D eigenvalue weighted by Crippen LogP contribution is -2.48. The lowest BCUT2D eigenvalue weighted by atomic mass is 10.0. The monoisotopic (exact) mass is 318 g/mol. The van der Waals surface area contributed by atoms with E-state index >= 15 is 0 Å². The van der Waals surface area contributed by atoms with Crippen LogP contribution in [-0.4, -0.2) is 57.8 Å². The van der Waals surface area contributed by atoms with Crippen LogP contribution in [0.2, 0.25) is 0 Å². The molecular formula is C13H22N2O7. The van der Waals surface area contributed by atoms with Gasteiger partial charge in [0.05, 0.1) is 6.54 Å². The Bertz CT molecular complexity index is 423. The molecule has 0 unspecified atom stereocenters. The van der Waals surface area contributed by atoms with Crippen molar-refractivity contribution >= 4 is 23.8 Å². The Kier molecular flexibility index (Phi) is 8.76. The topological polar surface area (TPSA) is 153 Å². The number of carboxylic acids is 3. The first kappa shape index (κ1) is 19.8. The SMILES string of the molecule is CC(C)C[C@H](NCC(=O)N[C@@H](CCC(=O)O)C(=O)O)C(=O)O. The van der Waals surface area contributed by atoms with E-state index in [4.69, 9.17) is 15.3 Å². The molecule has 9 heteroatoms. The van der Waals surface area contributed by atoms with Gasteiger partial charge in [0, 0.05) is 6.42 Å². The summed E-state index contributed by atoms with van der Waals surface area (Å²) < 4.78 is 0. The molecule has 0 aliphatic heterocycles. The number of rotatable bonds is 11. The summed E-state index contributed by atoms with van der Waals surface area (Å²) in [5.74, 6) is -4.19. The summed E-state index contributed by atoms with van der Waals surface area (Å²) in [5.41, 5.74) is 0. The Labute approximate surface area is 127 Å². The molecule has 1 amide bonds. The third-order valence-electron chi connectivity index (χ3n) is 2.79. The van der Waals surface area contributed by atoms with Gasteiger partial charge >= 0.3 is 17.9 Å². The first-order valence-corrected chi connectivity index (χ1v) is 6.83. The van der Waals surface area contributed by atoms with Gasteiger partial charge in [-0.05, 0) is 18.8 Å². The molecular weight excluding hydrogens is 296 g/mol. The second-order valence-corrected chi connectivity index (χ2v) is 5.29. The molecule has 0 aromatic heterocycles. The first-order valence-electron chi connectivity index (χ1n) is 6.83. The summed E-state index contributed by atoms with van der Waals surface area (Å²) in [6, 6.07) is -2.23. The van der Waals surface area contributed by atoms with E-state index in [1.54, 1.807) is 0 Å². The molecule has 126 valence electrons. The number of amides is 1. The molecule has 0 spiro atoms. The van der Waals surface area contributed by atoms with Crippen molar-refractivity contribution in [3.05, 3.63) is 0 Å². The molecule has 0 radical (unpaired) electrons. The van der Waals surface area contributed by atoms with Gasteiger partial charge < -0.3 is 20.6 Å². The summed E-state index contributed by atoms with van der Waals surface area (Å²) >= 11 is 0. The molecule has 0 rings (SSSR count). The predicted molar refractivity (Wildman–Crippen MR) is 75.3 cm³/mol. The molecule has 2 atom stereocenters. The fourth-order valence-electron chi connectivity index (χ4n) is 1.73. The van der Waals surface area contributed by atoms with Crippen LogP contribution in [0, 0.1) is 5.92 Å². The Morgan fingerprint density at radius 2 is 1.50 bits per heavy atom. The summed E-state index contributed by atoms with van der Waals surface area (Å²) in [6.07, 6.45) is -0.315. The normalized spacial score (nSPS) is 13.4. The Hall–Kier alpha value is -2.16. The standard InChI is InChI=1S/C13H22N2O7/c1-7(2)5-9(13(21)22)14-6-10(16)15-8(12(19)20)3-4-11(17)18/h7-9,14H,3-6H2,1-2H3,(H,15,16)(H,17,18)(H,19,20)(H,21,22)/t8-,9-/m0/s1. The zero-order valence-corrected chi connectivity index (χ0v) is 12.5. The third kappa shape index (κ3) is 8.90. The van der Waals surface area contributed by atoms with Gasteiger partial charge in [0.25, 0.3) is 0 Å². The van der Waals surface area contributed by atoms with E-state index < -0.39 is 42.3 Å². The van der Waals surface area contributed by atoms with Crippen molar-refractivity contribution in [3.63, 3.8) is 0 Å². The van der Waals surface area contributed by atoms with Crippen LogP contribution in [-0.2, 0) is 19.2 Å². The van der Waals surface area contributed by atoms with Crippen LogP contribution in [0.3, 0.4) is 0 Å². The number of aliphatic carboxylic acids is 3. The van der Waals surface area contributed by atoms with Crippen LogP contribution in [0.15, 0.2) is 0 Å². The van der Waals surface area contributed by atoms with E-state index in [1.165, 1.54) is 0 Å². The van der Waals surface area contributed by atoms with Crippen molar-refractivity contribution in [1.29, 1.82) is 0 Å². The highest BCUT2D eigenvalue weighted by Gasteiger charge is 2.23. The highest BCUT2D eigenvalue weighted by atomic mass is 16.4. The molecule has 9 nitrogen and oxygen atoms in total. The lowest BCUT2D eigenvalue weighted by molar-refractivity contribution is -0.144. The molecule has 0 aliphatic carbocycles. The highest BCUT2D eigenvalue weighted by Crippen LogP contribution is 2.04. The molecule has 5 N–H and O–H groups in total. The van der Waals surface area contributed by atoms with Gasteiger partial charge in [-0.3, -0.25) is 19.7 Å². The minimum Gasteiger partial charge on any atom is -0.481 e. The fourth-order valence-corrected chi connectivity index (χ4v) is 1.73. The lowest BCUT2D eigenvalue weighted by Gasteiger charge is -2.18. The van der Waals surface area contributed by atoms with Gasteiger partial charge in [-0.15, -0.1) is 0 Å². The molecule has 0 heterocycles. The molecule has 0 saturated heterocycles. The van der Waals surface area contributed by atoms with Crippen molar-refractivity contribution in [2.45, 2.75) is 45.2 Å². The fraction of sp³-hybridized carbons (Fsp3) is 0.692. The quantitative estimate of drug-likeness (QED) is 0.342. The summed E-state index contributed by atoms with van der Waals surface area (Å²) in [4.78, 5) is 44.0. The van der Waals surface area contributed by atoms with E-state index in [1.807, 2.05) is 13.8 Å². The average Bonchev–Trinajstić information content (AvgIpc) is 2.37. The maximum Gasteiger partial charge on any atom is 0.326 e. The number of carbonyl (C=O) groups is 4. The molecule has 22 heavy (non-hydrogen) atoms. The maximum atomic E-state index is 11.6. The van der Waals surface area contributed by atoms with Crippen LogP contribution in [0.1, 0.15) is 33.1 Å². The van der Waals surface area contributed by atoms with E-state index in [-0.39, 0.29) is 18.9 Å². The molecule has 0 aromatic rings. The van der Waals surface area contributed by atoms with E-state index in [0.717, 1.165) is 0 Å². The van der Waals surface area contributed by atoms with Gasteiger partial charge in [0.1, 0.15) is 12.1 Å². The van der Waals surface area contributed by atoms with Crippen molar-refractivity contribution in [3.8, 4) is 0 Å². The number of hydrogen-bond donors (Lipinski definition) is 5. The summed E-state index contributed by atoms with van der Waals surface area (Å²) in [5, 5.41) is 31.1. The minimum atomic E-state index is -1.34. The minimum absolute atomic E-state index is 0.110. The van der Waals surface area contributed by atoms with Gasteiger partial charge in [-0.1, -0.05) is 13.8 Å². The van der Waals surface area contributed by atoms with Gasteiger partial charge in [-0.25, -0.2) is 4.79 Å². The van der Waals surface area contributed by atoms with Gasteiger partial charge in [0.15, 0.2) is 0 Å². The molecule has 0 aliphatic rings. The second-order valence-electron chi connectivity index (χ2n) is 5.29. The zero-order valence-electron chi connectivity index (χ0n) is 12.5. The third-order valence-corrected chi connectivity index (χ3v) is 2.79. The molecule has 0 fully saturated rings. The van der Waals surface area contributed by atoms with Crippen molar-refractivity contribution < 1.29 is 34.5 Å². The largest absolute Gasteiger partial charge is 0.481 e. The van der Waals surface area contributed by atoms with Crippen LogP contribution in [0.5, 0.6) is 0 Å². The van der Waals surface area contributed by atoms with Crippen molar-refractivity contribution in [2.75, 3.05) is 6.54 Å². The predicted octanol–water partition coefficient (Wildman–Crippen LogP) is -0.490. The van der Waals surface area contributed by atoms with E-state index in [2.05, 4.69) is 10.6 Å². The first-order chi connectivity index (χ1) is 10.1. The van der Waals surface area contributed by atoms with Crippen molar-refractivity contribution in [2.24, 2.45) is 5.92 Å². The maximum absolute atomic E-state index is 11.6. The highest BCUT2D eigenvalue weighted by molar-refractivity contribution is 5.85. The van der Waals surface area contributed by atoms with Gasteiger partial charge in [0.2, 0.25) is 5.91 Å². The Morgan fingerprint density at radius 3 is 1.91 bits per heavy atom. The van der Waals surface area contributed by atoms with E-state index in [0.29, 0.717) is 6.42 Å². The van der Waals surface area contributed by atoms with Crippen LogP contribution in [0.25, 0.3) is 0 Å². The average molecular weight is 318 g/mol. The van der Waals surface area contributed by atoms with Crippen molar-refractivity contribution in [1.82, 2.24) is 10.6 Å². The summed E-state index contributed by atoms with van der Waals surface area (Å²) in [6.45, 7) is 3.31. The molecule has 0 bridgehead atoms. The number of carbonyl (C=O) groups excluding carboxylic acids is 1. The second kappa shape index (κ2) is 9.72. The molecule has 0 saturated carbocycles. The van der Waals surface area contributed by atoms with Crippen LogP contribution in [0.4, 0.5) is 0 Å². The van der Waals surface area contributed by atoms with E-state index in [9.17, 15) is 19.2 Å². The Balaban J connectivity index is 4.41. The Morgan fingerprint density at radius 1 is 0.955 bits per heavy atom. The number of hydrogen-bond acceptors (Lipinski definition) is 5. The zero-order chi connectivity index (χ0) is 17.3. The number of nitrogens with one attached hydrogen (secondary N) is 2. The smallest absolute Gasteiger partial charge is 0.326 e. The molecule has 0 aromatic carbocycles. The van der Waals surface area contributed by atoms with Gasteiger partial charge in [-0.2, -0.15) is 0 Å². The summed E-state index contributed by atoms with van der Waals surface area (Å²) in [7, 11) is 0. The number of carboxylic acid groups (broad SMARTS) is 3. The van der Waals surface area contributed by atoms with Crippen LogP contribution < -0.4 is 10.6 Å². The van der Waals surface area contributed by atoms with Crippen LogP contribution >= 0.6 is 0 Å².